The third-order valence-corrected chi connectivity index (χ3v) is 1.15. The molecule has 0 unspecified atom stereocenters. The maximum absolute atomic E-state index is 9.03. The van der Waals surface area contributed by atoms with E-state index >= 15 is 0 Å². The van der Waals surface area contributed by atoms with Crippen LogP contribution in [0.1, 0.15) is 11.7 Å². The molecule has 0 aliphatic heterocycles. The van der Waals surface area contributed by atoms with Crippen LogP contribution in [-0.2, 0) is 0 Å². The molecule has 1 rings (SSSR count). The quantitative estimate of drug-likeness (QED) is 0.599. The molecule has 0 amide bonds. The van der Waals surface area contributed by atoms with E-state index in [0.29, 0.717) is 0 Å². The van der Waals surface area contributed by atoms with Crippen LogP contribution in [0.2, 0.25) is 0 Å². The normalized spacial score (nSPS) is 13.6. The number of rotatable bonds is 2. The van der Waals surface area contributed by atoms with Gasteiger partial charge in [-0.15, -0.1) is 0 Å². The predicted octanol–water partition coefficient (Wildman–Crippen LogP) is 0.272. The van der Waals surface area contributed by atoms with E-state index in [2.05, 4.69) is 0 Å². The Morgan fingerprint density at radius 2 is 2.56 bits per heavy atom. The van der Waals surface area contributed by atoms with E-state index in [1.165, 1.54) is 12.5 Å². The topological polar surface area (TPSA) is 59.4 Å². The Kier molecular flexibility index (Phi) is 1.87. The molecule has 0 aliphatic rings. The minimum atomic E-state index is -0.580. The molecule has 0 spiro atoms. The van der Waals surface area contributed by atoms with Crippen molar-refractivity contribution in [3.8, 4) is 0 Å². The fraction of sp³-hybridized carbons (Fsp3) is 0.333. The molecule has 0 aromatic carbocycles. The molecule has 9 heavy (non-hydrogen) atoms. The summed E-state index contributed by atoms with van der Waals surface area (Å²) in [6.07, 6.45) is 2.41. The summed E-state index contributed by atoms with van der Waals surface area (Å²) in [5.41, 5.74) is 5.91. The van der Waals surface area contributed by atoms with E-state index in [1.54, 1.807) is 6.07 Å². The molecular weight excluding hydrogens is 118 g/mol. The zero-order valence-corrected chi connectivity index (χ0v) is 4.95. The van der Waals surface area contributed by atoms with Crippen molar-refractivity contribution in [2.75, 3.05) is 6.54 Å². The Morgan fingerprint density at radius 1 is 1.78 bits per heavy atom. The average molecular weight is 127 g/mol. The van der Waals surface area contributed by atoms with Gasteiger partial charge in [0.2, 0.25) is 0 Å². The average Bonchev–Trinajstić information content (AvgIpc) is 2.37. The third kappa shape index (κ3) is 1.31. The van der Waals surface area contributed by atoms with Crippen LogP contribution >= 0.6 is 0 Å². The Bertz CT molecular complexity index is 160. The number of furan rings is 1. The lowest BCUT2D eigenvalue weighted by atomic mass is 10.2. The van der Waals surface area contributed by atoms with Crippen LogP contribution in [0.4, 0.5) is 0 Å². The van der Waals surface area contributed by atoms with Gasteiger partial charge in [0.1, 0.15) is 0 Å². The summed E-state index contributed by atoms with van der Waals surface area (Å²) in [4.78, 5) is 0. The molecule has 0 fully saturated rings. The fourth-order valence-corrected chi connectivity index (χ4v) is 0.601. The molecule has 0 saturated heterocycles. The first kappa shape index (κ1) is 6.32. The highest BCUT2D eigenvalue weighted by atomic mass is 16.3. The van der Waals surface area contributed by atoms with Crippen molar-refractivity contribution >= 4 is 0 Å². The fourth-order valence-electron chi connectivity index (χ4n) is 0.601. The standard InChI is InChI=1S/C6H9NO2/c7-3-6(8)5-1-2-9-4-5/h1-2,4,6,8H,3,7H2/t6-/m0/s1. The minimum absolute atomic E-state index is 0.236. The smallest absolute Gasteiger partial charge is 0.0961 e. The van der Waals surface area contributed by atoms with Gasteiger partial charge >= 0.3 is 0 Å². The number of aliphatic hydroxyl groups excluding tert-OH is 1. The highest BCUT2D eigenvalue weighted by Gasteiger charge is 2.03. The minimum Gasteiger partial charge on any atom is -0.472 e. The summed E-state index contributed by atoms with van der Waals surface area (Å²) in [5, 5.41) is 9.03. The van der Waals surface area contributed by atoms with Crippen molar-refractivity contribution in [1.29, 1.82) is 0 Å². The van der Waals surface area contributed by atoms with Gasteiger partial charge in [0.05, 0.1) is 18.6 Å². The summed E-state index contributed by atoms with van der Waals surface area (Å²) < 4.78 is 4.72. The largest absolute Gasteiger partial charge is 0.472 e. The number of hydrogen-bond donors (Lipinski definition) is 2. The molecule has 1 aromatic rings. The lowest BCUT2D eigenvalue weighted by molar-refractivity contribution is 0.186. The number of aliphatic hydroxyl groups is 1. The molecule has 1 aromatic heterocycles. The van der Waals surface area contributed by atoms with Crippen LogP contribution in [0.15, 0.2) is 23.0 Å². The van der Waals surface area contributed by atoms with Crippen LogP contribution in [-0.4, -0.2) is 11.7 Å². The highest BCUT2D eigenvalue weighted by molar-refractivity contribution is 5.08. The molecule has 3 heteroatoms. The first-order chi connectivity index (χ1) is 4.34. The summed E-state index contributed by atoms with van der Waals surface area (Å²) in [7, 11) is 0. The van der Waals surface area contributed by atoms with Crippen molar-refractivity contribution in [2.24, 2.45) is 5.73 Å². The van der Waals surface area contributed by atoms with Gasteiger partial charge in [0.15, 0.2) is 0 Å². The van der Waals surface area contributed by atoms with Gasteiger partial charge < -0.3 is 15.3 Å². The summed E-state index contributed by atoms with van der Waals surface area (Å²) >= 11 is 0. The monoisotopic (exact) mass is 127 g/mol. The first-order valence-electron chi connectivity index (χ1n) is 2.75. The molecule has 50 valence electrons. The second-order valence-electron chi connectivity index (χ2n) is 1.81. The van der Waals surface area contributed by atoms with Crippen molar-refractivity contribution in [3.63, 3.8) is 0 Å². The molecular formula is C6H9NO2. The van der Waals surface area contributed by atoms with Crippen molar-refractivity contribution < 1.29 is 9.52 Å². The maximum atomic E-state index is 9.03. The Hall–Kier alpha value is -0.800. The zero-order chi connectivity index (χ0) is 6.69. The zero-order valence-electron chi connectivity index (χ0n) is 4.95. The Labute approximate surface area is 53.1 Å². The van der Waals surface area contributed by atoms with Crippen LogP contribution in [0, 0.1) is 0 Å². The SMILES string of the molecule is NC[C@H](O)c1ccoc1. The molecule has 1 atom stereocenters. The van der Waals surface area contributed by atoms with Crippen LogP contribution in [0.25, 0.3) is 0 Å². The first-order valence-corrected chi connectivity index (χ1v) is 2.75. The van der Waals surface area contributed by atoms with Crippen molar-refractivity contribution in [1.82, 2.24) is 0 Å². The van der Waals surface area contributed by atoms with Gasteiger partial charge in [0.25, 0.3) is 0 Å². The van der Waals surface area contributed by atoms with Crippen molar-refractivity contribution in [3.05, 3.63) is 24.2 Å². The van der Waals surface area contributed by atoms with Crippen molar-refractivity contribution in [2.45, 2.75) is 6.10 Å². The molecule has 0 radical (unpaired) electrons. The third-order valence-electron chi connectivity index (χ3n) is 1.15. The van der Waals surface area contributed by atoms with Gasteiger partial charge in [-0.25, -0.2) is 0 Å². The van der Waals surface area contributed by atoms with Gasteiger partial charge in [0, 0.05) is 12.1 Å². The Morgan fingerprint density at radius 3 is 3.00 bits per heavy atom. The lowest BCUT2D eigenvalue weighted by Crippen LogP contribution is -2.10. The second-order valence-corrected chi connectivity index (χ2v) is 1.81. The van der Waals surface area contributed by atoms with E-state index in [4.69, 9.17) is 15.3 Å². The predicted molar refractivity (Wildman–Crippen MR) is 32.7 cm³/mol. The number of nitrogens with two attached hydrogens (primary N) is 1. The number of hydrogen-bond acceptors (Lipinski definition) is 3. The molecule has 0 saturated carbocycles. The van der Waals surface area contributed by atoms with Gasteiger partial charge in [-0.05, 0) is 6.07 Å². The van der Waals surface area contributed by atoms with Crippen LogP contribution < -0.4 is 5.73 Å². The summed E-state index contributed by atoms with van der Waals surface area (Å²) in [5.74, 6) is 0. The van der Waals surface area contributed by atoms with Gasteiger partial charge in [-0.1, -0.05) is 0 Å². The maximum Gasteiger partial charge on any atom is 0.0961 e. The molecule has 0 bridgehead atoms. The summed E-state index contributed by atoms with van der Waals surface area (Å²) in [6.45, 7) is 0.236. The van der Waals surface area contributed by atoms with E-state index in [1.807, 2.05) is 0 Å². The molecule has 0 aliphatic carbocycles. The van der Waals surface area contributed by atoms with Gasteiger partial charge in [-0.3, -0.25) is 0 Å². The molecule has 3 nitrogen and oxygen atoms in total. The molecule has 1 heterocycles. The molecule has 3 N–H and O–H groups in total. The highest BCUT2D eigenvalue weighted by Crippen LogP contribution is 2.10. The van der Waals surface area contributed by atoms with E-state index in [9.17, 15) is 0 Å². The van der Waals surface area contributed by atoms with E-state index < -0.39 is 6.10 Å². The van der Waals surface area contributed by atoms with Crippen LogP contribution in [0.5, 0.6) is 0 Å². The second kappa shape index (κ2) is 2.66. The summed E-state index contributed by atoms with van der Waals surface area (Å²) in [6, 6.07) is 1.69. The van der Waals surface area contributed by atoms with E-state index in [0.717, 1.165) is 5.56 Å². The van der Waals surface area contributed by atoms with Crippen LogP contribution in [0.3, 0.4) is 0 Å². The van der Waals surface area contributed by atoms with E-state index in [-0.39, 0.29) is 6.54 Å². The Balaban J connectivity index is 2.65. The van der Waals surface area contributed by atoms with Gasteiger partial charge in [-0.2, -0.15) is 0 Å². The lowest BCUT2D eigenvalue weighted by Gasteiger charge is -2.00.